The summed E-state index contributed by atoms with van der Waals surface area (Å²) in [5.74, 6) is -0.267. The second kappa shape index (κ2) is 6.46. The Morgan fingerprint density at radius 1 is 1.20 bits per heavy atom. The standard InChI is InChI=1S/C15H26N2O3/c1-11-7-8-16(12(2)9-11)15(20)17(10-14(18)19)13-5-3-4-6-13/h11-13H,3-10H2,1-2H3,(H,18,19). The maximum atomic E-state index is 12.7. The molecule has 5 nitrogen and oxygen atoms in total. The van der Waals surface area contributed by atoms with Gasteiger partial charge in [-0.3, -0.25) is 4.79 Å². The smallest absolute Gasteiger partial charge is 0.323 e. The fourth-order valence-corrected chi connectivity index (χ4v) is 3.57. The summed E-state index contributed by atoms with van der Waals surface area (Å²) in [5, 5.41) is 9.09. The first-order valence-electron chi connectivity index (χ1n) is 7.78. The van der Waals surface area contributed by atoms with Crippen LogP contribution in [0.3, 0.4) is 0 Å². The Labute approximate surface area is 120 Å². The zero-order chi connectivity index (χ0) is 14.7. The minimum atomic E-state index is -0.914. The molecule has 0 spiro atoms. The van der Waals surface area contributed by atoms with E-state index in [2.05, 4.69) is 13.8 Å². The lowest BCUT2D eigenvalue weighted by atomic mass is 9.93. The minimum absolute atomic E-state index is 0.0706. The summed E-state index contributed by atoms with van der Waals surface area (Å²) in [7, 11) is 0. The summed E-state index contributed by atoms with van der Waals surface area (Å²) in [6.45, 7) is 4.87. The van der Waals surface area contributed by atoms with Crippen LogP contribution in [0, 0.1) is 5.92 Å². The Hall–Kier alpha value is -1.26. The lowest BCUT2D eigenvalue weighted by Gasteiger charge is -2.40. The molecular weight excluding hydrogens is 256 g/mol. The van der Waals surface area contributed by atoms with Crippen LogP contribution < -0.4 is 0 Å². The van der Waals surface area contributed by atoms with Crippen molar-refractivity contribution in [3.63, 3.8) is 0 Å². The molecule has 5 heteroatoms. The first-order chi connectivity index (χ1) is 9.49. The van der Waals surface area contributed by atoms with E-state index in [4.69, 9.17) is 5.11 Å². The molecule has 0 bridgehead atoms. The van der Waals surface area contributed by atoms with Gasteiger partial charge in [0, 0.05) is 18.6 Å². The molecule has 0 aromatic rings. The Morgan fingerprint density at radius 2 is 1.85 bits per heavy atom. The molecule has 2 fully saturated rings. The molecule has 1 saturated carbocycles. The summed E-state index contributed by atoms with van der Waals surface area (Å²) in [4.78, 5) is 27.3. The van der Waals surface area contributed by atoms with Crippen molar-refractivity contribution < 1.29 is 14.7 Å². The third kappa shape index (κ3) is 3.44. The highest BCUT2D eigenvalue weighted by atomic mass is 16.4. The number of carbonyl (C=O) groups is 2. The van der Waals surface area contributed by atoms with Gasteiger partial charge in [-0.25, -0.2) is 4.79 Å². The number of hydrogen-bond acceptors (Lipinski definition) is 2. The fourth-order valence-electron chi connectivity index (χ4n) is 3.57. The van der Waals surface area contributed by atoms with Crippen molar-refractivity contribution in [2.45, 2.75) is 64.5 Å². The number of amides is 2. The summed E-state index contributed by atoms with van der Waals surface area (Å²) < 4.78 is 0. The van der Waals surface area contributed by atoms with Crippen LogP contribution in [-0.4, -0.2) is 52.1 Å². The Kier molecular flexibility index (Phi) is 4.89. The quantitative estimate of drug-likeness (QED) is 0.865. The van der Waals surface area contributed by atoms with E-state index in [1.165, 1.54) is 0 Å². The molecule has 20 heavy (non-hydrogen) atoms. The SMILES string of the molecule is CC1CCN(C(=O)N(CC(=O)O)C2CCCC2)C(C)C1. The number of nitrogens with zero attached hydrogens (tertiary/aromatic N) is 2. The lowest BCUT2D eigenvalue weighted by Crippen LogP contribution is -2.54. The van der Waals surface area contributed by atoms with Crippen molar-refractivity contribution in [1.29, 1.82) is 0 Å². The summed E-state index contributed by atoms with van der Waals surface area (Å²) in [6.07, 6.45) is 6.11. The van der Waals surface area contributed by atoms with Gasteiger partial charge in [-0.15, -0.1) is 0 Å². The van der Waals surface area contributed by atoms with Gasteiger partial charge in [-0.05, 0) is 38.5 Å². The van der Waals surface area contributed by atoms with E-state index in [0.29, 0.717) is 5.92 Å². The number of aliphatic carboxylic acids is 1. The fraction of sp³-hybridized carbons (Fsp3) is 0.867. The predicted octanol–water partition coefficient (Wildman–Crippen LogP) is 2.56. The molecule has 1 aliphatic heterocycles. The second-order valence-corrected chi connectivity index (χ2v) is 6.41. The van der Waals surface area contributed by atoms with Crippen molar-refractivity contribution in [3.8, 4) is 0 Å². The normalized spacial score (nSPS) is 27.6. The molecule has 0 radical (unpaired) electrons. The average molecular weight is 282 g/mol. The molecule has 114 valence electrons. The number of hydrogen-bond donors (Lipinski definition) is 1. The molecular formula is C15H26N2O3. The van der Waals surface area contributed by atoms with Gasteiger partial charge in [0.25, 0.3) is 0 Å². The van der Waals surface area contributed by atoms with Crippen molar-refractivity contribution >= 4 is 12.0 Å². The summed E-state index contributed by atoms with van der Waals surface area (Å²) in [5.41, 5.74) is 0. The number of carbonyl (C=O) groups excluding carboxylic acids is 1. The van der Waals surface area contributed by atoms with Crippen molar-refractivity contribution in [1.82, 2.24) is 9.80 Å². The molecule has 1 N–H and O–H groups in total. The average Bonchev–Trinajstić information content (AvgIpc) is 2.88. The van der Waals surface area contributed by atoms with E-state index < -0.39 is 5.97 Å². The summed E-state index contributed by atoms with van der Waals surface area (Å²) in [6, 6.07) is 0.257. The topological polar surface area (TPSA) is 60.9 Å². The van der Waals surface area contributed by atoms with Crippen LogP contribution in [0.15, 0.2) is 0 Å². The first-order valence-corrected chi connectivity index (χ1v) is 7.78. The van der Waals surface area contributed by atoms with Crippen LogP contribution >= 0.6 is 0 Å². The van der Waals surface area contributed by atoms with Gasteiger partial charge in [0.05, 0.1) is 0 Å². The van der Waals surface area contributed by atoms with Crippen molar-refractivity contribution in [2.24, 2.45) is 5.92 Å². The Bertz CT molecular complexity index is 366. The zero-order valence-corrected chi connectivity index (χ0v) is 12.5. The van der Waals surface area contributed by atoms with E-state index >= 15 is 0 Å². The molecule has 1 heterocycles. The zero-order valence-electron chi connectivity index (χ0n) is 12.5. The number of rotatable bonds is 3. The molecule has 2 unspecified atom stereocenters. The van der Waals surface area contributed by atoms with Gasteiger partial charge in [-0.2, -0.15) is 0 Å². The van der Waals surface area contributed by atoms with Gasteiger partial charge in [0.1, 0.15) is 6.54 Å². The van der Waals surface area contributed by atoms with Crippen LogP contribution in [0.1, 0.15) is 52.4 Å². The monoisotopic (exact) mass is 282 g/mol. The lowest BCUT2D eigenvalue weighted by molar-refractivity contribution is -0.138. The summed E-state index contributed by atoms with van der Waals surface area (Å²) >= 11 is 0. The molecule has 2 rings (SSSR count). The molecule has 0 aromatic carbocycles. The van der Waals surface area contributed by atoms with E-state index in [1.54, 1.807) is 4.90 Å². The Balaban J connectivity index is 2.06. The van der Waals surface area contributed by atoms with Crippen molar-refractivity contribution in [2.75, 3.05) is 13.1 Å². The van der Waals surface area contributed by atoms with Gasteiger partial charge < -0.3 is 14.9 Å². The Morgan fingerprint density at radius 3 is 2.40 bits per heavy atom. The van der Waals surface area contributed by atoms with Crippen LogP contribution in [0.2, 0.25) is 0 Å². The third-order valence-electron chi connectivity index (χ3n) is 4.70. The van der Waals surface area contributed by atoms with Gasteiger partial charge in [0.15, 0.2) is 0 Å². The van der Waals surface area contributed by atoms with Gasteiger partial charge in [0.2, 0.25) is 0 Å². The van der Waals surface area contributed by atoms with Crippen molar-refractivity contribution in [3.05, 3.63) is 0 Å². The van der Waals surface area contributed by atoms with Gasteiger partial charge in [-0.1, -0.05) is 19.8 Å². The van der Waals surface area contributed by atoms with E-state index in [9.17, 15) is 9.59 Å². The van der Waals surface area contributed by atoms with Crippen LogP contribution in [0.4, 0.5) is 4.79 Å². The molecule has 2 aliphatic rings. The molecule has 0 aromatic heterocycles. The number of urea groups is 1. The predicted molar refractivity (Wildman–Crippen MR) is 76.6 cm³/mol. The molecule has 2 amide bonds. The van der Waals surface area contributed by atoms with Crippen LogP contribution in [-0.2, 0) is 4.79 Å². The largest absolute Gasteiger partial charge is 0.480 e. The van der Waals surface area contributed by atoms with E-state index in [-0.39, 0.29) is 24.7 Å². The maximum Gasteiger partial charge on any atom is 0.323 e. The highest BCUT2D eigenvalue weighted by Crippen LogP contribution is 2.27. The second-order valence-electron chi connectivity index (χ2n) is 6.41. The minimum Gasteiger partial charge on any atom is -0.480 e. The maximum absolute atomic E-state index is 12.7. The van der Waals surface area contributed by atoms with E-state index in [0.717, 1.165) is 45.1 Å². The highest BCUT2D eigenvalue weighted by Gasteiger charge is 2.35. The van der Waals surface area contributed by atoms with E-state index in [1.807, 2.05) is 4.90 Å². The van der Waals surface area contributed by atoms with Crippen LogP contribution in [0.25, 0.3) is 0 Å². The third-order valence-corrected chi connectivity index (χ3v) is 4.70. The molecule has 2 atom stereocenters. The highest BCUT2D eigenvalue weighted by molar-refractivity contribution is 5.80. The number of likely N-dealkylation sites (tertiary alicyclic amines) is 1. The van der Waals surface area contributed by atoms with Crippen LogP contribution in [0.5, 0.6) is 0 Å². The number of carboxylic acid groups (broad SMARTS) is 1. The number of carboxylic acids is 1. The molecule has 1 saturated heterocycles. The van der Waals surface area contributed by atoms with Gasteiger partial charge >= 0.3 is 12.0 Å². The first kappa shape index (κ1) is 15.1. The molecule has 1 aliphatic carbocycles. The number of piperidine rings is 1.